The highest BCUT2D eigenvalue weighted by atomic mass is 16.8. The molecule has 2 saturated carbocycles. The summed E-state index contributed by atoms with van der Waals surface area (Å²) in [5.74, 6) is -0.749. The highest BCUT2D eigenvalue weighted by molar-refractivity contribution is 6.09. The van der Waals surface area contributed by atoms with Crippen LogP contribution in [0.25, 0.3) is 0 Å². The molecule has 1 saturated heterocycles. The second-order valence-electron chi connectivity index (χ2n) is 7.96. The van der Waals surface area contributed by atoms with Crippen LogP contribution in [0.5, 0.6) is 0 Å². The van der Waals surface area contributed by atoms with Gasteiger partial charge in [-0.2, -0.15) is 0 Å². The molecule has 1 heterocycles. The standard InChI is InChI=1S/C16H19NO5/c1-14(2,3)21-13(20)22-17-11(18)10-8-5-6-16(7-9(8)16)15(10,4)12(17)19/h5-6,8-10H,7H2,1-4H3/t8?,9?,10-,15-,16?/m1/s1. The zero-order chi connectivity index (χ0) is 16.1. The average Bonchev–Trinajstić information content (AvgIpc) is 2.90. The summed E-state index contributed by atoms with van der Waals surface area (Å²) in [4.78, 5) is 42.1. The highest BCUT2D eigenvalue weighted by Gasteiger charge is 2.84. The molecule has 22 heavy (non-hydrogen) atoms. The minimum absolute atomic E-state index is 0.0914. The lowest BCUT2D eigenvalue weighted by atomic mass is 9.66. The van der Waals surface area contributed by atoms with Gasteiger partial charge in [-0.25, -0.2) is 4.79 Å². The first-order valence-electron chi connectivity index (χ1n) is 7.60. The minimum atomic E-state index is -1.03. The van der Waals surface area contributed by atoms with Crippen LogP contribution in [0.3, 0.4) is 0 Å². The number of rotatable bonds is 1. The van der Waals surface area contributed by atoms with Gasteiger partial charge < -0.3 is 4.74 Å². The summed E-state index contributed by atoms with van der Waals surface area (Å²) in [6.07, 6.45) is 4.05. The summed E-state index contributed by atoms with van der Waals surface area (Å²) in [5, 5.41) is 0.634. The van der Waals surface area contributed by atoms with Gasteiger partial charge in [0.1, 0.15) is 5.60 Å². The molecule has 1 aliphatic heterocycles. The van der Waals surface area contributed by atoms with Crippen molar-refractivity contribution in [1.82, 2.24) is 5.06 Å². The number of carbonyl (C=O) groups is 3. The monoisotopic (exact) mass is 305 g/mol. The van der Waals surface area contributed by atoms with Gasteiger partial charge in [-0.3, -0.25) is 14.4 Å². The predicted molar refractivity (Wildman–Crippen MR) is 73.9 cm³/mol. The van der Waals surface area contributed by atoms with E-state index < -0.39 is 34.9 Å². The Kier molecular flexibility index (Phi) is 2.23. The van der Waals surface area contributed by atoms with E-state index in [0.717, 1.165) is 6.42 Å². The largest absolute Gasteiger partial charge is 0.534 e. The molecule has 6 heteroatoms. The Morgan fingerprint density at radius 3 is 2.59 bits per heavy atom. The Hall–Kier alpha value is -1.85. The number of nitrogens with zero attached hydrogens (tertiary/aromatic N) is 1. The van der Waals surface area contributed by atoms with Gasteiger partial charge in [0, 0.05) is 5.41 Å². The van der Waals surface area contributed by atoms with E-state index in [2.05, 4.69) is 6.08 Å². The summed E-state index contributed by atoms with van der Waals surface area (Å²) in [6, 6.07) is 0. The van der Waals surface area contributed by atoms with Gasteiger partial charge in [-0.05, 0) is 46.0 Å². The van der Waals surface area contributed by atoms with Crippen molar-refractivity contribution in [3.8, 4) is 0 Å². The van der Waals surface area contributed by atoms with Crippen molar-refractivity contribution in [3.05, 3.63) is 12.2 Å². The maximum Gasteiger partial charge on any atom is 0.534 e. The molecule has 4 aliphatic rings. The van der Waals surface area contributed by atoms with Crippen LogP contribution >= 0.6 is 0 Å². The molecule has 0 N–H and O–H groups in total. The van der Waals surface area contributed by atoms with E-state index in [0.29, 0.717) is 11.0 Å². The lowest BCUT2D eigenvalue weighted by Crippen LogP contribution is -2.41. The lowest BCUT2D eigenvalue weighted by Gasteiger charge is -2.33. The van der Waals surface area contributed by atoms with Gasteiger partial charge in [0.2, 0.25) is 0 Å². The van der Waals surface area contributed by atoms with Crippen molar-refractivity contribution in [2.24, 2.45) is 28.6 Å². The topological polar surface area (TPSA) is 72.9 Å². The molecule has 0 aromatic carbocycles. The predicted octanol–water partition coefficient (Wildman–Crippen LogP) is 2.05. The molecule has 3 fully saturated rings. The Labute approximate surface area is 128 Å². The third-order valence-corrected chi connectivity index (χ3v) is 5.76. The molecule has 118 valence electrons. The Balaban J connectivity index is 1.60. The Morgan fingerprint density at radius 2 is 2.05 bits per heavy atom. The quantitative estimate of drug-likeness (QED) is 0.421. The fourth-order valence-corrected chi connectivity index (χ4v) is 4.79. The molecule has 2 bridgehead atoms. The molecule has 0 aromatic heterocycles. The molecule has 3 unspecified atom stereocenters. The molecular weight excluding hydrogens is 286 g/mol. The van der Waals surface area contributed by atoms with Crippen molar-refractivity contribution in [2.45, 2.75) is 39.7 Å². The van der Waals surface area contributed by atoms with E-state index in [4.69, 9.17) is 9.57 Å². The third kappa shape index (κ3) is 1.34. The maximum absolute atomic E-state index is 12.8. The van der Waals surface area contributed by atoms with Crippen LogP contribution < -0.4 is 0 Å². The minimum Gasteiger partial charge on any atom is -0.427 e. The molecule has 0 radical (unpaired) electrons. The second kappa shape index (κ2) is 3.55. The first-order chi connectivity index (χ1) is 10.1. The van der Waals surface area contributed by atoms with E-state index in [9.17, 15) is 14.4 Å². The zero-order valence-electron chi connectivity index (χ0n) is 13.1. The molecule has 5 atom stereocenters. The lowest BCUT2D eigenvalue weighted by molar-refractivity contribution is -0.184. The fraction of sp³-hybridized carbons (Fsp3) is 0.688. The second-order valence-corrected chi connectivity index (χ2v) is 7.96. The number of hydroxylamine groups is 2. The molecule has 3 aliphatic carbocycles. The molecule has 2 amide bonds. The van der Waals surface area contributed by atoms with Crippen molar-refractivity contribution < 1.29 is 24.0 Å². The van der Waals surface area contributed by atoms with Crippen molar-refractivity contribution >= 4 is 18.0 Å². The number of amides is 2. The van der Waals surface area contributed by atoms with Crippen molar-refractivity contribution in [3.63, 3.8) is 0 Å². The van der Waals surface area contributed by atoms with Gasteiger partial charge in [-0.1, -0.05) is 17.2 Å². The number of ether oxygens (including phenoxy) is 1. The molecule has 0 aromatic rings. The summed E-state index contributed by atoms with van der Waals surface area (Å²) in [5.41, 5.74) is -1.74. The van der Waals surface area contributed by atoms with E-state index >= 15 is 0 Å². The van der Waals surface area contributed by atoms with Crippen LogP contribution in [0.4, 0.5) is 4.79 Å². The summed E-state index contributed by atoms with van der Waals surface area (Å²) in [7, 11) is 0. The van der Waals surface area contributed by atoms with Crippen LogP contribution in [0, 0.1) is 28.6 Å². The first-order valence-corrected chi connectivity index (χ1v) is 7.60. The highest BCUT2D eigenvalue weighted by Crippen LogP contribution is 2.82. The number of hydrogen-bond acceptors (Lipinski definition) is 5. The van der Waals surface area contributed by atoms with Crippen LogP contribution in [0.2, 0.25) is 0 Å². The van der Waals surface area contributed by atoms with Gasteiger partial charge in [0.25, 0.3) is 11.8 Å². The summed E-state index contributed by atoms with van der Waals surface area (Å²) in [6.45, 7) is 6.90. The smallest absolute Gasteiger partial charge is 0.427 e. The first kappa shape index (κ1) is 13.8. The van der Waals surface area contributed by atoms with Gasteiger partial charge >= 0.3 is 6.16 Å². The fourth-order valence-electron chi connectivity index (χ4n) is 4.79. The summed E-state index contributed by atoms with van der Waals surface area (Å²) < 4.78 is 5.03. The zero-order valence-corrected chi connectivity index (χ0v) is 13.1. The van der Waals surface area contributed by atoms with Gasteiger partial charge in [0.05, 0.1) is 11.3 Å². The van der Waals surface area contributed by atoms with Crippen LogP contribution in [0.15, 0.2) is 12.2 Å². The number of fused-ring (bicyclic) bond motifs is 2. The summed E-state index contributed by atoms with van der Waals surface area (Å²) >= 11 is 0. The van der Waals surface area contributed by atoms with Crippen molar-refractivity contribution in [1.29, 1.82) is 0 Å². The van der Waals surface area contributed by atoms with E-state index in [-0.39, 0.29) is 11.3 Å². The average molecular weight is 305 g/mol. The van der Waals surface area contributed by atoms with E-state index in [1.54, 1.807) is 20.8 Å². The molecule has 6 nitrogen and oxygen atoms in total. The number of hydrogen-bond donors (Lipinski definition) is 0. The van der Waals surface area contributed by atoms with E-state index in [1.807, 2.05) is 13.0 Å². The number of carbonyl (C=O) groups excluding carboxylic acids is 3. The van der Waals surface area contributed by atoms with Gasteiger partial charge in [0.15, 0.2) is 0 Å². The van der Waals surface area contributed by atoms with Gasteiger partial charge in [-0.15, -0.1) is 0 Å². The molecule has 0 spiro atoms. The van der Waals surface area contributed by atoms with Crippen LogP contribution in [-0.4, -0.2) is 28.6 Å². The normalized spacial score (nSPS) is 44.2. The molecular formula is C16H19NO5. The number of imide groups is 1. The maximum atomic E-state index is 12.8. The van der Waals surface area contributed by atoms with E-state index in [1.165, 1.54) is 0 Å². The number of allylic oxidation sites excluding steroid dienone is 2. The van der Waals surface area contributed by atoms with Crippen LogP contribution in [-0.2, 0) is 19.2 Å². The third-order valence-electron chi connectivity index (χ3n) is 5.76. The SMILES string of the molecule is CC(C)(C)OC(=O)ON1C(=O)[C@H]2C3C=CC4(CC34)[C@@]2(C)C1=O. The van der Waals surface area contributed by atoms with Crippen LogP contribution in [0.1, 0.15) is 34.1 Å². The Morgan fingerprint density at radius 1 is 1.36 bits per heavy atom. The van der Waals surface area contributed by atoms with Crippen molar-refractivity contribution in [2.75, 3.05) is 0 Å². The Bertz CT molecular complexity index is 647. The molecule has 4 rings (SSSR count).